The van der Waals surface area contributed by atoms with Crippen LogP contribution in [0.5, 0.6) is 23.0 Å². The van der Waals surface area contributed by atoms with E-state index in [-0.39, 0.29) is 48.7 Å². The second-order valence-corrected chi connectivity index (χ2v) is 7.28. The highest BCUT2D eigenvalue weighted by Gasteiger charge is 2.06. The number of ketones is 2. The van der Waals surface area contributed by atoms with Gasteiger partial charge in [-0.05, 0) is 54.0 Å². The molecule has 0 heterocycles. The molecule has 0 fully saturated rings. The third-order valence-electron chi connectivity index (χ3n) is 4.46. The van der Waals surface area contributed by atoms with Crippen molar-refractivity contribution in [1.29, 1.82) is 0 Å². The first kappa shape index (κ1) is 29.4. The van der Waals surface area contributed by atoms with Crippen LogP contribution >= 0.6 is 0 Å². The number of hydrogen-bond donors (Lipinski definition) is 4. The minimum Gasteiger partial charge on any atom is -0.504 e. The summed E-state index contributed by atoms with van der Waals surface area (Å²) in [6.07, 6.45) is 5.53. The predicted octanol–water partition coefficient (Wildman–Crippen LogP) is 3.70. The standard InChI is InChI=1S/C21H20O6.C5H8O4/c1-26-20-11-14(5-9-18(20)24)3-7-16(22)13-17(23)8-4-15-6-10-19(25)21(12-15)27-2;6-4(7)2-1-3-5(8)9/h3-12,24-25H,13H2,1-2H3;1-3H2,(H,6,7)(H,8,9). The number of carboxylic acid groups (broad SMARTS) is 2. The summed E-state index contributed by atoms with van der Waals surface area (Å²) >= 11 is 0. The van der Waals surface area contributed by atoms with Gasteiger partial charge in [0.1, 0.15) is 0 Å². The van der Waals surface area contributed by atoms with E-state index in [2.05, 4.69) is 0 Å². The normalized spacial score (nSPS) is 10.5. The van der Waals surface area contributed by atoms with Crippen LogP contribution in [0.4, 0.5) is 0 Å². The molecule has 36 heavy (non-hydrogen) atoms. The highest BCUT2D eigenvalue weighted by Crippen LogP contribution is 2.27. The van der Waals surface area contributed by atoms with Crippen molar-refractivity contribution < 1.29 is 49.1 Å². The van der Waals surface area contributed by atoms with Gasteiger partial charge in [0.25, 0.3) is 0 Å². The number of carbonyl (C=O) groups excluding carboxylic acids is 2. The van der Waals surface area contributed by atoms with Crippen molar-refractivity contribution in [1.82, 2.24) is 0 Å². The number of carboxylic acids is 2. The van der Waals surface area contributed by atoms with Crippen LogP contribution in [-0.2, 0) is 19.2 Å². The van der Waals surface area contributed by atoms with Crippen LogP contribution in [0.25, 0.3) is 12.2 Å². The van der Waals surface area contributed by atoms with Crippen molar-refractivity contribution in [3.63, 3.8) is 0 Å². The Bertz CT molecular complexity index is 1040. The number of allylic oxidation sites excluding steroid dienone is 2. The summed E-state index contributed by atoms with van der Waals surface area (Å²) in [6, 6.07) is 9.34. The van der Waals surface area contributed by atoms with E-state index in [9.17, 15) is 29.4 Å². The molecule has 0 atom stereocenters. The highest BCUT2D eigenvalue weighted by atomic mass is 16.5. The van der Waals surface area contributed by atoms with Gasteiger partial charge in [-0.1, -0.05) is 24.3 Å². The van der Waals surface area contributed by atoms with E-state index in [0.717, 1.165) is 0 Å². The van der Waals surface area contributed by atoms with Crippen LogP contribution in [0.2, 0.25) is 0 Å². The second-order valence-electron chi connectivity index (χ2n) is 7.28. The van der Waals surface area contributed by atoms with Gasteiger partial charge in [-0.25, -0.2) is 0 Å². The molecule has 10 nitrogen and oxygen atoms in total. The lowest BCUT2D eigenvalue weighted by molar-refractivity contribution is -0.138. The quantitative estimate of drug-likeness (QED) is 0.249. The van der Waals surface area contributed by atoms with Crippen molar-refractivity contribution in [2.24, 2.45) is 0 Å². The van der Waals surface area contributed by atoms with Gasteiger partial charge in [0, 0.05) is 12.8 Å². The summed E-state index contributed by atoms with van der Waals surface area (Å²) in [7, 11) is 2.87. The zero-order valence-electron chi connectivity index (χ0n) is 19.8. The van der Waals surface area contributed by atoms with Crippen molar-refractivity contribution in [2.45, 2.75) is 25.7 Å². The van der Waals surface area contributed by atoms with Crippen LogP contribution in [0.3, 0.4) is 0 Å². The Morgan fingerprint density at radius 2 is 1.11 bits per heavy atom. The van der Waals surface area contributed by atoms with E-state index in [0.29, 0.717) is 22.6 Å². The smallest absolute Gasteiger partial charge is 0.303 e. The molecule has 0 amide bonds. The van der Waals surface area contributed by atoms with Gasteiger partial charge < -0.3 is 29.9 Å². The van der Waals surface area contributed by atoms with E-state index in [1.807, 2.05) is 0 Å². The Hall–Kier alpha value is -4.60. The maximum Gasteiger partial charge on any atom is 0.303 e. The maximum atomic E-state index is 11.9. The van der Waals surface area contributed by atoms with Gasteiger partial charge in [0.2, 0.25) is 0 Å². The largest absolute Gasteiger partial charge is 0.504 e. The molecule has 0 saturated heterocycles. The summed E-state index contributed by atoms with van der Waals surface area (Å²) in [5, 5.41) is 35.2. The van der Waals surface area contributed by atoms with E-state index in [4.69, 9.17) is 19.7 Å². The fourth-order valence-electron chi connectivity index (χ4n) is 2.65. The third kappa shape index (κ3) is 11.5. The molecule has 0 aromatic heterocycles. The molecule has 0 aliphatic rings. The number of rotatable bonds is 12. The van der Waals surface area contributed by atoms with E-state index < -0.39 is 11.9 Å². The van der Waals surface area contributed by atoms with Crippen LogP contribution < -0.4 is 9.47 Å². The zero-order valence-corrected chi connectivity index (χ0v) is 19.8. The number of methoxy groups -OCH3 is 2. The molecule has 2 aromatic rings. The lowest BCUT2D eigenvalue weighted by Gasteiger charge is -2.03. The first-order valence-electron chi connectivity index (χ1n) is 10.6. The van der Waals surface area contributed by atoms with Gasteiger partial charge in [0.05, 0.1) is 20.6 Å². The highest BCUT2D eigenvalue weighted by molar-refractivity contribution is 6.10. The van der Waals surface area contributed by atoms with Crippen LogP contribution in [-0.4, -0.2) is 58.2 Å². The van der Waals surface area contributed by atoms with E-state index in [1.165, 1.54) is 38.5 Å². The molecule has 0 bridgehead atoms. The van der Waals surface area contributed by atoms with Gasteiger partial charge in [-0.2, -0.15) is 0 Å². The molecule has 2 aromatic carbocycles. The maximum absolute atomic E-state index is 11.9. The number of benzene rings is 2. The molecule has 10 heteroatoms. The molecule has 0 aliphatic heterocycles. The second kappa shape index (κ2) is 15.3. The van der Waals surface area contributed by atoms with Crippen molar-refractivity contribution in [2.75, 3.05) is 14.2 Å². The molecule has 0 unspecified atom stereocenters. The number of phenols is 2. The van der Waals surface area contributed by atoms with E-state index in [1.54, 1.807) is 36.4 Å². The average Bonchev–Trinajstić information content (AvgIpc) is 2.83. The predicted molar refractivity (Wildman–Crippen MR) is 131 cm³/mol. The monoisotopic (exact) mass is 500 g/mol. The number of aromatic hydroxyl groups is 2. The molecule has 0 aliphatic carbocycles. The number of phenolic OH excluding ortho intramolecular Hbond substituents is 2. The van der Waals surface area contributed by atoms with Crippen molar-refractivity contribution in [3.8, 4) is 23.0 Å². The van der Waals surface area contributed by atoms with Gasteiger partial charge in [-0.15, -0.1) is 0 Å². The molecule has 192 valence electrons. The van der Waals surface area contributed by atoms with Crippen LogP contribution in [0.1, 0.15) is 36.8 Å². The first-order chi connectivity index (χ1) is 17.0. The topological polar surface area (TPSA) is 168 Å². The third-order valence-corrected chi connectivity index (χ3v) is 4.46. The van der Waals surface area contributed by atoms with Crippen molar-refractivity contribution in [3.05, 3.63) is 59.7 Å². The molecular weight excluding hydrogens is 472 g/mol. The van der Waals surface area contributed by atoms with E-state index >= 15 is 0 Å². The summed E-state index contributed by atoms with van der Waals surface area (Å²) in [4.78, 5) is 43.4. The van der Waals surface area contributed by atoms with Gasteiger partial charge in [0.15, 0.2) is 34.6 Å². The Morgan fingerprint density at radius 3 is 1.44 bits per heavy atom. The first-order valence-corrected chi connectivity index (χ1v) is 10.6. The minimum absolute atomic E-state index is 0.00662. The number of ether oxygens (including phenoxy) is 2. The summed E-state index contributed by atoms with van der Waals surface area (Å²) in [5.41, 5.74) is 1.33. The number of carbonyl (C=O) groups is 4. The Labute approximate surface area is 207 Å². The average molecular weight is 501 g/mol. The molecular formula is C26H28O10. The Balaban J connectivity index is 0.000000613. The Kier molecular flexibility index (Phi) is 12.5. The van der Waals surface area contributed by atoms with Crippen LogP contribution in [0.15, 0.2) is 48.6 Å². The van der Waals surface area contributed by atoms with Gasteiger partial charge >= 0.3 is 11.9 Å². The zero-order chi connectivity index (χ0) is 27.1. The summed E-state index contributed by atoms with van der Waals surface area (Å²) in [6.45, 7) is 0. The molecule has 0 saturated carbocycles. The summed E-state index contributed by atoms with van der Waals surface area (Å²) in [5.74, 6) is -1.98. The lowest BCUT2D eigenvalue weighted by Crippen LogP contribution is -2.01. The fraction of sp³-hybridized carbons (Fsp3) is 0.231. The number of hydrogen-bond acceptors (Lipinski definition) is 8. The Morgan fingerprint density at radius 1 is 0.722 bits per heavy atom. The molecule has 0 spiro atoms. The number of aliphatic carboxylic acids is 2. The van der Waals surface area contributed by atoms with Crippen LogP contribution in [0, 0.1) is 0 Å². The fourth-order valence-corrected chi connectivity index (χ4v) is 2.65. The van der Waals surface area contributed by atoms with Crippen molar-refractivity contribution >= 4 is 35.7 Å². The minimum atomic E-state index is -0.948. The van der Waals surface area contributed by atoms with Gasteiger partial charge in [-0.3, -0.25) is 19.2 Å². The molecule has 2 rings (SSSR count). The SMILES string of the molecule is COc1cc(C=CC(=O)CC(=O)C=Cc2ccc(O)c(OC)c2)ccc1O.O=C(O)CCCC(=O)O. The lowest BCUT2D eigenvalue weighted by atomic mass is 10.1. The summed E-state index contributed by atoms with van der Waals surface area (Å²) < 4.78 is 10.00. The molecule has 0 radical (unpaired) electrons. The molecule has 4 N–H and O–H groups in total.